The molecule has 0 bridgehead atoms. The highest BCUT2D eigenvalue weighted by atomic mass is 16.6. The first-order valence-electron chi connectivity index (χ1n) is 7.55. The Morgan fingerprint density at radius 1 is 1.13 bits per heavy atom. The topological polar surface area (TPSA) is 55.6 Å². The summed E-state index contributed by atoms with van der Waals surface area (Å²) in [4.78, 5) is 12.5. The number of rotatable bonds is 4. The fourth-order valence-electron chi connectivity index (χ4n) is 2.57. The Labute approximate surface area is 135 Å². The van der Waals surface area contributed by atoms with E-state index in [2.05, 4.69) is 29.3 Å². The first-order chi connectivity index (χ1) is 11.2. The van der Waals surface area contributed by atoms with Crippen molar-refractivity contribution in [2.75, 3.05) is 19.7 Å². The van der Waals surface area contributed by atoms with Crippen molar-refractivity contribution in [3.63, 3.8) is 0 Å². The summed E-state index contributed by atoms with van der Waals surface area (Å²) in [7, 11) is 0. The summed E-state index contributed by atoms with van der Waals surface area (Å²) in [6.07, 6.45) is 4.10. The van der Waals surface area contributed by atoms with Gasteiger partial charge in [0.05, 0.1) is 17.6 Å². The van der Waals surface area contributed by atoms with Crippen molar-refractivity contribution >= 4 is 11.8 Å². The lowest BCUT2D eigenvalue weighted by Gasteiger charge is -2.32. The van der Waals surface area contributed by atoms with Crippen molar-refractivity contribution in [2.24, 2.45) is 0 Å². The molecule has 5 heteroatoms. The van der Waals surface area contributed by atoms with Crippen molar-refractivity contribution in [3.05, 3.63) is 82.0 Å². The Morgan fingerprint density at radius 2 is 1.87 bits per heavy atom. The summed E-state index contributed by atoms with van der Waals surface area (Å²) in [5, 5.41) is 10.7. The van der Waals surface area contributed by atoms with Crippen LogP contribution in [0.5, 0.6) is 0 Å². The molecule has 0 aliphatic carbocycles. The molecule has 1 heterocycles. The zero-order valence-corrected chi connectivity index (χ0v) is 12.7. The monoisotopic (exact) mass is 310 g/mol. The molecule has 0 spiro atoms. The van der Waals surface area contributed by atoms with Gasteiger partial charge in [-0.05, 0) is 35.5 Å². The minimum Gasteiger partial charge on any atom is -0.372 e. The molecule has 1 fully saturated rings. The van der Waals surface area contributed by atoms with Crippen LogP contribution >= 0.6 is 0 Å². The van der Waals surface area contributed by atoms with Crippen LogP contribution in [-0.4, -0.2) is 29.5 Å². The fraction of sp³-hybridized carbons (Fsp3) is 0.222. The van der Waals surface area contributed by atoms with Gasteiger partial charge in [0.2, 0.25) is 0 Å². The predicted molar refractivity (Wildman–Crippen MR) is 88.8 cm³/mol. The lowest BCUT2D eigenvalue weighted by atomic mass is 10.1. The molecule has 0 radical (unpaired) electrons. The molecule has 1 aliphatic heterocycles. The number of non-ortho nitro benzene ring substituents is 1. The van der Waals surface area contributed by atoms with Crippen molar-refractivity contribution < 1.29 is 9.66 Å². The van der Waals surface area contributed by atoms with Crippen LogP contribution in [-0.2, 0) is 4.74 Å². The van der Waals surface area contributed by atoms with Crippen LogP contribution < -0.4 is 0 Å². The Morgan fingerprint density at radius 3 is 2.57 bits per heavy atom. The van der Waals surface area contributed by atoms with Crippen molar-refractivity contribution in [2.45, 2.75) is 6.10 Å². The van der Waals surface area contributed by atoms with Crippen LogP contribution in [0.15, 0.2) is 60.8 Å². The molecule has 1 aliphatic rings. The van der Waals surface area contributed by atoms with E-state index in [1.165, 1.54) is 12.1 Å². The molecule has 0 N–H and O–H groups in total. The lowest BCUT2D eigenvalue weighted by Crippen LogP contribution is -2.34. The van der Waals surface area contributed by atoms with Crippen LogP contribution in [0.1, 0.15) is 17.2 Å². The van der Waals surface area contributed by atoms with Gasteiger partial charge in [-0.1, -0.05) is 30.3 Å². The maximum Gasteiger partial charge on any atom is 0.269 e. The molecule has 1 saturated heterocycles. The molecule has 5 nitrogen and oxygen atoms in total. The van der Waals surface area contributed by atoms with Crippen LogP contribution in [0.25, 0.3) is 6.08 Å². The summed E-state index contributed by atoms with van der Waals surface area (Å²) < 4.78 is 5.80. The fourth-order valence-corrected chi connectivity index (χ4v) is 2.57. The lowest BCUT2D eigenvalue weighted by molar-refractivity contribution is -0.384. The Bertz CT molecular complexity index is 683. The van der Waals surface area contributed by atoms with Gasteiger partial charge in [0.25, 0.3) is 5.69 Å². The molecule has 0 amide bonds. The van der Waals surface area contributed by atoms with Crippen LogP contribution in [0.3, 0.4) is 0 Å². The Balaban J connectivity index is 1.66. The number of nitrogens with zero attached hydrogens (tertiary/aromatic N) is 2. The van der Waals surface area contributed by atoms with E-state index in [4.69, 9.17) is 4.74 Å². The first kappa shape index (κ1) is 15.2. The summed E-state index contributed by atoms with van der Waals surface area (Å²) in [6.45, 7) is 2.22. The average Bonchev–Trinajstić information content (AvgIpc) is 2.61. The van der Waals surface area contributed by atoms with Gasteiger partial charge in [-0.2, -0.15) is 0 Å². The van der Waals surface area contributed by atoms with E-state index in [1.807, 2.05) is 18.2 Å². The van der Waals surface area contributed by atoms with Gasteiger partial charge in [0.1, 0.15) is 0 Å². The number of morpholine rings is 1. The zero-order chi connectivity index (χ0) is 16.1. The third kappa shape index (κ3) is 3.96. The third-order valence-corrected chi connectivity index (χ3v) is 3.85. The van der Waals surface area contributed by atoms with Gasteiger partial charge in [0.15, 0.2) is 0 Å². The van der Waals surface area contributed by atoms with E-state index in [-0.39, 0.29) is 16.7 Å². The number of nitro groups is 1. The van der Waals surface area contributed by atoms with Gasteiger partial charge >= 0.3 is 0 Å². The number of hydrogen-bond donors (Lipinski definition) is 0. The normalized spacial score (nSPS) is 18.3. The van der Waals surface area contributed by atoms with E-state index >= 15 is 0 Å². The van der Waals surface area contributed by atoms with E-state index in [1.54, 1.807) is 12.1 Å². The summed E-state index contributed by atoms with van der Waals surface area (Å²) in [5.41, 5.74) is 2.23. The quantitative estimate of drug-likeness (QED) is 0.639. The van der Waals surface area contributed by atoms with E-state index in [9.17, 15) is 10.1 Å². The molecule has 2 aromatic carbocycles. The highest BCUT2D eigenvalue weighted by Crippen LogP contribution is 2.24. The largest absolute Gasteiger partial charge is 0.372 e. The van der Waals surface area contributed by atoms with Gasteiger partial charge in [-0.25, -0.2) is 0 Å². The van der Waals surface area contributed by atoms with Crippen molar-refractivity contribution in [1.29, 1.82) is 0 Å². The van der Waals surface area contributed by atoms with Crippen molar-refractivity contribution in [1.82, 2.24) is 4.90 Å². The predicted octanol–water partition coefficient (Wildman–Crippen LogP) is 3.64. The van der Waals surface area contributed by atoms with Crippen LogP contribution in [0.4, 0.5) is 5.69 Å². The molecule has 0 unspecified atom stereocenters. The number of benzene rings is 2. The van der Waals surface area contributed by atoms with Gasteiger partial charge < -0.3 is 9.64 Å². The second kappa shape index (κ2) is 7.07. The smallest absolute Gasteiger partial charge is 0.269 e. The van der Waals surface area contributed by atoms with E-state index < -0.39 is 0 Å². The molecule has 1 atom stereocenters. The SMILES string of the molecule is O=[N+]([O-])c1ccc([C@H]2CN(C=Cc3ccccc3)CCO2)cc1. The van der Waals surface area contributed by atoms with Gasteiger partial charge in [-0.15, -0.1) is 0 Å². The minimum absolute atomic E-state index is 0.0648. The van der Waals surface area contributed by atoms with Crippen LogP contribution in [0, 0.1) is 10.1 Å². The standard InChI is InChI=1S/C18H18N2O3/c21-20(22)17-8-6-16(7-9-17)18-14-19(12-13-23-18)11-10-15-4-2-1-3-5-15/h1-11,18H,12-14H2/t18-/m1/s1. The van der Waals surface area contributed by atoms with Crippen LogP contribution in [0.2, 0.25) is 0 Å². The number of nitro benzene ring substituents is 1. The molecule has 23 heavy (non-hydrogen) atoms. The Hall–Kier alpha value is -2.66. The molecular weight excluding hydrogens is 292 g/mol. The second-order valence-corrected chi connectivity index (χ2v) is 5.43. The highest BCUT2D eigenvalue weighted by molar-refractivity contribution is 5.48. The second-order valence-electron chi connectivity index (χ2n) is 5.43. The van der Waals surface area contributed by atoms with Gasteiger partial charge in [-0.3, -0.25) is 10.1 Å². The van der Waals surface area contributed by atoms with Gasteiger partial charge in [0, 0.05) is 25.2 Å². The first-order valence-corrected chi connectivity index (χ1v) is 7.55. The molecule has 2 aromatic rings. The van der Waals surface area contributed by atoms with E-state index in [0.29, 0.717) is 6.61 Å². The summed E-state index contributed by atoms with van der Waals surface area (Å²) >= 11 is 0. The summed E-state index contributed by atoms with van der Waals surface area (Å²) in [6, 6.07) is 16.7. The minimum atomic E-state index is -0.388. The van der Waals surface area contributed by atoms with E-state index in [0.717, 1.165) is 24.2 Å². The van der Waals surface area contributed by atoms with Crippen molar-refractivity contribution in [3.8, 4) is 0 Å². The third-order valence-electron chi connectivity index (χ3n) is 3.85. The number of ether oxygens (including phenoxy) is 1. The Kier molecular flexibility index (Phi) is 4.68. The molecule has 0 saturated carbocycles. The summed E-state index contributed by atoms with van der Waals surface area (Å²) in [5.74, 6) is 0. The molecule has 3 rings (SSSR count). The highest BCUT2D eigenvalue weighted by Gasteiger charge is 2.20. The zero-order valence-electron chi connectivity index (χ0n) is 12.7. The number of hydrogen-bond acceptors (Lipinski definition) is 4. The maximum atomic E-state index is 10.7. The average molecular weight is 310 g/mol. The molecule has 118 valence electrons. The maximum absolute atomic E-state index is 10.7. The molecular formula is C18H18N2O3. The molecule has 0 aromatic heterocycles.